The lowest BCUT2D eigenvalue weighted by Gasteiger charge is -2.37. The summed E-state index contributed by atoms with van der Waals surface area (Å²) < 4.78 is 0. The molecule has 0 aromatic heterocycles. The number of fused-ring (bicyclic) bond motifs is 1. The number of amides is 2. The van der Waals surface area contributed by atoms with E-state index >= 15 is 0 Å². The maximum Gasteiger partial charge on any atom is 0.251 e. The lowest BCUT2D eigenvalue weighted by atomic mass is 9.89. The van der Waals surface area contributed by atoms with Gasteiger partial charge in [-0.3, -0.25) is 9.59 Å². The molecule has 2 amide bonds. The molecule has 0 radical (unpaired) electrons. The molecule has 2 aromatic rings. The third-order valence-electron chi connectivity index (χ3n) is 6.63. The number of hydrogen-bond acceptors (Lipinski definition) is 4. The van der Waals surface area contributed by atoms with Gasteiger partial charge in [0.15, 0.2) is 0 Å². The van der Waals surface area contributed by atoms with Crippen molar-refractivity contribution < 1.29 is 14.7 Å². The fraction of sp³-hybridized carbons (Fsp3) is 0.500. The Morgan fingerprint density at radius 3 is 2.29 bits per heavy atom. The first kappa shape index (κ1) is 28.5. The zero-order valence-electron chi connectivity index (χ0n) is 21.6. The van der Waals surface area contributed by atoms with E-state index in [9.17, 15) is 14.7 Å². The number of phenolic OH excluding ortho intramolecular Hbond substituents is 1. The van der Waals surface area contributed by atoms with Crippen molar-refractivity contribution in [3.63, 3.8) is 0 Å². The molecule has 1 heterocycles. The summed E-state index contributed by atoms with van der Waals surface area (Å²) in [5.41, 5.74) is 11.3. The molecule has 35 heavy (non-hydrogen) atoms. The van der Waals surface area contributed by atoms with E-state index in [1.165, 1.54) is 0 Å². The van der Waals surface area contributed by atoms with E-state index in [0.717, 1.165) is 41.6 Å². The molecular weight excluding hydrogens is 462 g/mol. The average molecular weight is 502 g/mol. The molecule has 0 saturated heterocycles. The molecule has 0 saturated carbocycles. The summed E-state index contributed by atoms with van der Waals surface area (Å²) in [6.45, 7) is 10.9. The Balaban J connectivity index is 0.00000432. The van der Waals surface area contributed by atoms with Gasteiger partial charge in [-0.15, -0.1) is 12.4 Å². The van der Waals surface area contributed by atoms with Crippen molar-refractivity contribution in [1.29, 1.82) is 0 Å². The third-order valence-corrected chi connectivity index (χ3v) is 6.63. The van der Waals surface area contributed by atoms with Crippen molar-refractivity contribution >= 4 is 35.6 Å². The Hall–Kier alpha value is -2.73. The topological polar surface area (TPSA) is 95.7 Å². The van der Waals surface area contributed by atoms with Gasteiger partial charge in [0.05, 0.1) is 0 Å². The second-order valence-electron chi connectivity index (χ2n) is 9.95. The summed E-state index contributed by atoms with van der Waals surface area (Å²) in [6.07, 6.45) is 3.90. The molecule has 192 valence electrons. The number of unbranched alkanes of at least 4 members (excludes halogenated alkanes) is 2. The van der Waals surface area contributed by atoms with Crippen LogP contribution in [0, 0.1) is 0 Å². The van der Waals surface area contributed by atoms with E-state index in [-0.39, 0.29) is 41.8 Å². The molecule has 1 atom stereocenters. The quantitative estimate of drug-likeness (QED) is 0.292. The van der Waals surface area contributed by atoms with Crippen molar-refractivity contribution in [3.8, 4) is 5.75 Å². The lowest BCUT2D eigenvalue weighted by molar-refractivity contribution is -0.139. The largest absolute Gasteiger partial charge is 0.508 e. The molecular formula is C28H40ClN3O3. The maximum absolute atomic E-state index is 13.9. The molecule has 3 rings (SSSR count). The van der Waals surface area contributed by atoms with Crippen LogP contribution in [0.1, 0.15) is 100 Å². The van der Waals surface area contributed by atoms with Crippen LogP contribution in [-0.4, -0.2) is 28.4 Å². The summed E-state index contributed by atoms with van der Waals surface area (Å²) in [4.78, 5) is 28.8. The molecule has 0 fully saturated rings. The number of nitrogens with two attached hydrogens (primary N) is 1. The second-order valence-corrected chi connectivity index (χ2v) is 9.95. The van der Waals surface area contributed by atoms with Crippen LogP contribution in [-0.2, 0) is 16.0 Å². The lowest BCUT2D eigenvalue weighted by Crippen LogP contribution is -2.45. The Labute approximate surface area is 215 Å². The van der Waals surface area contributed by atoms with Crippen molar-refractivity contribution in [2.24, 2.45) is 0 Å². The minimum atomic E-state index is -0.789. The summed E-state index contributed by atoms with van der Waals surface area (Å²) >= 11 is 0. The van der Waals surface area contributed by atoms with Crippen LogP contribution in [0.25, 0.3) is 0 Å². The number of rotatable bonds is 8. The number of nitrogens with zero attached hydrogens (tertiary/aromatic N) is 1. The molecule has 0 bridgehead atoms. The van der Waals surface area contributed by atoms with Gasteiger partial charge >= 0.3 is 0 Å². The first-order valence-corrected chi connectivity index (χ1v) is 12.5. The monoisotopic (exact) mass is 501 g/mol. The van der Waals surface area contributed by atoms with Crippen LogP contribution < -0.4 is 11.1 Å². The van der Waals surface area contributed by atoms with E-state index in [2.05, 4.69) is 39.9 Å². The number of carbonyl (C=O) groups is 2. The molecule has 2 aromatic carbocycles. The molecule has 1 aliphatic rings. The van der Waals surface area contributed by atoms with Crippen LogP contribution in [0.4, 0.5) is 11.4 Å². The highest BCUT2D eigenvalue weighted by Crippen LogP contribution is 2.38. The number of nitrogen functional groups attached to an aromatic ring is 1. The number of carbonyl (C=O) groups excluding carboxylic acids is 2. The SMILES string of the molecule is CCCCCC(=O)N1CCc2ccc(O)cc2C1C(=O)Nc1c(C(C)C)cc(N)cc1C(C)C.Cl. The van der Waals surface area contributed by atoms with E-state index in [1.807, 2.05) is 18.2 Å². The highest BCUT2D eigenvalue weighted by Gasteiger charge is 2.36. The van der Waals surface area contributed by atoms with E-state index in [4.69, 9.17) is 5.73 Å². The molecule has 1 aliphatic heterocycles. The van der Waals surface area contributed by atoms with E-state index in [0.29, 0.717) is 30.6 Å². The van der Waals surface area contributed by atoms with Crippen LogP contribution >= 0.6 is 12.4 Å². The van der Waals surface area contributed by atoms with Gasteiger partial charge in [-0.25, -0.2) is 0 Å². The molecule has 6 nitrogen and oxygen atoms in total. The van der Waals surface area contributed by atoms with Gasteiger partial charge in [0.25, 0.3) is 5.91 Å². The fourth-order valence-electron chi connectivity index (χ4n) is 4.78. The number of aromatic hydroxyl groups is 1. The average Bonchev–Trinajstić information content (AvgIpc) is 2.78. The molecule has 0 aliphatic carbocycles. The highest BCUT2D eigenvalue weighted by atomic mass is 35.5. The number of benzene rings is 2. The standard InChI is InChI=1S/C28H39N3O3.ClH/c1-6-7-8-9-25(33)31-13-12-19-10-11-21(32)16-24(19)27(31)28(34)30-26-22(17(2)3)14-20(29)15-23(26)18(4)5;/h10-11,14-18,27,32H,6-9,12-13,29H2,1-5H3,(H,30,34);1H. The predicted molar refractivity (Wildman–Crippen MR) is 145 cm³/mol. The normalized spacial score (nSPS) is 15.1. The minimum absolute atomic E-state index is 0. The Morgan fingerprint density at radius 1 is 1.09 bits per heavy atom. The third kappa shape index (κ3) is 6.49. The van der Waals surface area contributed by atoms with Gasteiger partial charge in [-0.2, -0.15) is 0 Å². The number of nitrogens with one attached hydrogen (secondary N) is 1. The first-order valence-electron chi connectivity index (χ1n) is 12.5. The number of phenols is 1. The first-order chi connectivity index (χ1) is 16.1. The molecule has 1 unspecified atom stereocenters. The van der Waals surface area contributed by atoms with Crippen LogP contribution in [0.5, 0.6) is 5.75 Å². The van der Waals surface area contributed by atoms with Crippen molar-refractivity contribution in [3.05, 3.63) is 52.6 Å². The van der Waals surface area contributed by atoms with Gasteiger partial charge < -0.3 is 21.1 Å². The van der Waals surface area contributed by atoms with Gasteiger partial charge in [0, 0.05) is 24.3 Å². The van der Waals surface area contributed by atoms with Gasteiger partial charge in [0.2, 0.25) is 5.91 Å². The Morgan fingerprint density at radius 2 is 1.71 bits per heavy atom. The van der Waals surface area contributed by atoms with Gasteiger partial charge in [-0.05, 0) is 71.2 Å². The van der Waals surface area contributed by atoms with E-state index in [1.54, 1.807) is 17.0 Å². The van der Waals surface area contributed by atoms with Crippen LogP contribution in [0.15, 0.2) is 30.3 Å². The Bertz CT molecular complexity index is 1020. The zero-order chi connectivity index (χ0) is 25.0. The van der Waals surface area contributed by atoms with Crippen LogP contribution in [0.2, 0.25) is 0 Å². The summed E-state index contributed by atoms with van der Waals surface area (Å²) in [7, 11) is 0. The zero-order valence-corrected chi connectivity index (χ0v) is 22.4. The van der Waals surface area contributed by atoms with E-state index < -0.39 is 6.04 Å². The second kappa shape index (κ2) is 12.3. The number of halogens is 1. The predicted octanol–water partition coefficient (Wildman–Crippen LogP) is 6.29. The summed E-state index contributed by atoms with van der Waals surface area (Å²) in [5, 5.41) is 13.4. The summed E-state index contributed by atoms with van der Waals surface area (Å²) in [5.74, 6) is 0.128. The van der Waals surface area contributed by atoms with Crippen LogP contribution in [0.3, 0.4) is 0 Å². The van der Waals surface area contributed by atoms with Gasteiger partial charge in [0.1, 0.15) is 11.8 Å². The molecule has 0 spiro atoms. The molecule has 4 N–H and O–H groups in total. The number of anilines is 2. The Kier molecular flexibility index (Phi) is 10.0. The van der Waals surface area contributed by atoms with Gasteiger partial charge in [-0.1, -0.05) is 53.5 Å². The highest BCUT2D eigenvalue weighted by molar-refractivity contribution is 6.00. The maximum atomic E-state index is 13.9. The van der Waals surface area contributed by atoms with Crippen molar-refractivity contribution in [2.45, 2.75) is 84.6 Å². The summed E-state index contributed by atoms with van der Waals surface area (Å²) in [6, 6.07) is 8.16. The molecule has 7 heteroatoms. The minimum Gasteiger partial charge on any atom is -0.508 e. The number of hydrogen-bond donors (Lipinski definition) is 3. The smallest absolute Gasteiger partial charge is 0.251 e. The fourth-order valence-corrected chi connectivity index (χ4v) is 4.78. The van der Waals surface area contributed by atoms with Crippen molar-refractivity contribution in [2.75, 3.05) is 17.6 Å². The van der Waals surface area contributed by atoms with Crippen molar-refractivity contribution in [1.82, 2.24) is 4.90 Å².